The summed E-state index contributed by atoms with van der Waals surface area (Å²) in [4.78, 5) is 7.37. The monoisotopic (exact) mass is 362 g/mol. The van der Waals surface area contributed by atoms with E-state index in [0.29, 0.717) is 11.8 Å². The van der Waals surface area contributed by atoms with Gasteiger partial charge in [0, 0.05) is 40.0 Å². The lowest BCUT2D eigenvalue weighted by molar-refractivity contribution is 0.584. The molecule has 0 unspecified atom stereocenters. The van der Waals surface area contributed by atoms with E-state index in [1.54, 1.807) is 6.20 Å². The van der Waals surface area contributed by atoms with E-state index in [1.165, 1.54) is 0 Å². The maximum atomic E-state index is 5.80. The van der Waals surface area contributed by atoms with Gasteiger partial charge >= 0.3 is 0 Å². The quantitative estimate of drug-likeness (QED) is 0.463. The van der Waals surface area contributed by atoms with Crippen molar-refractivity contribution in [3.63, 3.8) is 0 Å². The number of rotatable bonds is 2. The molecular weight excluding hydrogens is 348 g/mol. The molecule has 0 amide bonds. The Morgan fingerprint density at radius 2 is 1.50 bits per heavy atom. The molecule has 0 saturated heterocycles. The Hall–Kier alpha value is -4.17. The van der Waals surface area contributed by atoms with Crippen molar-refractivity contribution in [1.82, 2.24) is 20.2 Å². The van der Waals surface area contributed by atoms with Crippen molar-refractivity contribution in [1.29, 1.82) is 0 Å². The molecule has 132 valence electrons. The van der Waals surface area contributed by atoms with Gasteiger partial charge in [-0.25, -0.2) is 4.98 Å². The van der Waals surface area contributed by atoms with Crippen LogP contribution in [0.15, 0.2) is 83.5 Å². The molecular formula is C23H14N4O. The Balaban J connectivity index is 1.40. The molecule has 28 heavy (non-hydrogen) atoms. The fraction of sp³-hybridized carbons (Fsp3) is 0. The molecule has 0 saturated carbocycles. The van der Waals surface area contributed by atoms with E-state index in [0.717, 1.165) is 33.3 Å². The molecule has 0 aliphatic rings. The molecule has 5 aromatic rings. The highest BCUT2D eigenvalue weighted by molar-refractivity contribution is 5.82. The highest BCUT2D eigenvalue weighted by Crippen LogP contribution is 2.23. The molecule has 5 heteroatoms. The van der Waals surface area contributed by atoms with Crippen molar-refractivity contribution >= 4 is 11.0 Å². The zero-order chi connectivity index (χ0) is 18.8. The Morgan fingerprint density at radius 1 is 0.750 bits per heavy atom. The van der Waals surface area contributed by atoms with Gasteiger partial charge < -0.3 is 9.40 Å². The van der Waals surface area contributed by atoms with E-state index in [2.05, 4.69) is 32.0 Å². The lowest BCUT2D eigenvalue weighted by Gasteiger charge is -1.96. The van der Waals surface area contributed by atoms with Crippen LogP contribution in [0.5, 0.6) is 0 Å². The zero-order valence-electron chi connectivity index (χ0n) is 14.8. The maximum Gasteiger partial charge on any atom is 0.248 e. The summed E-state index contributed by atoms with van der Waals surface area (Å²) in [5, 5.41) is 9.30. The number of pyridine rings is 1. The maximum absolute atomic E-state index is 5.80. The number of benzene rings is 2. The second kappa shape index (κ2) is 6.86. The fourth-order valence-electron chi connectivity index (χ4n) is 2.94. The predicted octanol–water partition coefficient (Wildman–Crippen LogP) is 4.68. The van der Waals surface area contributed by atoms with Crippen LogP contribution in [0.2, 0.25) is 0 Å². The minimum atomic E-state index is 0.488. The van der Waals surface area contributed by atoms with Crippen LogP contribution < -0.4 is 0 Å². The highest BCUT2D eigenvalue weighted by atomic mass is 16.4. The van der Waals surface area contributed by atoms with Gasteiger partial charge in [-0.2, -0.15) is 0 Å². The first-order valence-electron chi connectivity index (χ1n) is 8.80. The summed E-state index contributed by atoms with van der Waals surface area (Å²) in [6.45, 7) is 0. The van der Waals surface area contributed by atoms with Crippen LogP contribution in [-0.2, 0) is 0 Å². The Bertz CT molecular complexity index is 1310. The smallest absolute Gasteiger partial charge is 0.248 e. The van der Waals surface area contributed by atoms with Gasteiger partial charge in [0.25, 0.3) is 0 Å². The largest absolute Gasteiger partial charge is 0.416 e. The topological polar surface area (TPSA) is 67.6 Å². The first-order valence-corrected chi connectivity index (χ1v) is 8.80. The van der Waals surface area contributed by atoms with Crippen LogP contribution in [0.1, 0.15) is 11.1 Å². The predicted molar refractivity (Wildman–Crippen MR) is 107 cm³/mol. The van der Waals surface area contributed by atoms with Crippen LogP contribution in [0.3, 0.4) is 0 Å². The van der Waals surface area contributed by atoms with Gasteiger partial charge in [0.05, 0.1) is 0 Å². The molecule has 0 atom stereocenters. The van der Waals surface area contributed by atoms with Crippen molar-refractivity contribution in [3.05, 3.63) is 90.3 Å². The Kier molecular flexibility index (Phi) is 3.93. The normalized spacial score (nSPS) is 10.6. The van der Waals surface area contributed by atoms with E-state index in [-0.39, 0.29) is 0 Å². The molecule has 3 aromatic heterocycles. The van der Waals surface area contributed by atoms with Crippen molar-refractivity contribution in [2.24, 2.45) is 0 Å². The van der Waals surface area contributed by atoms with Gasteiger partial charge in [-0.3, -0.25) is 0 Å². The van der Waals surface area contributed by atoms with Crippen molar-refractivity contribution in [2.45, 2.75) is 0 Å². The second-order valence-electron chi connectivity index (χ2n) is 6.20. The van der Waals surface area contributed by atoms with Gasteiger partial charge in [0.2, 0.25) is 11.8 Å². The summed E-state index contributed by atoms with van der Waals surface area (Å²) < 4.78 is 5.80. The number of aromatic amines is 1. The summed E-state index contributed by atoms with van der Waals surface area (Å²) in [5.41, 5.74) is 4.45. The van der Waals surface area contributed by atoms with E-state index < -0.39 is 0 Å². The van der Waals surface area contributed by atoms with Gasteiger partial charge in [-0.05, 0) is 48.5 Å². The number of nitrogens with one attached hydrogen (secondary N) is 1. The number of hydrogen-bond donors (Lipinski definition) is 1. The zero-order valence-corrected chi connectivity index (χ0v) is 14.8. The summed E-state index contributed by atoms with van der Waals surface area (Å²) in [7, 11) is 0. The van der Waals surface area contributed by atoms with Crippen LogP contribution in [0, 0.1) is 11.8 Å². The van der Waals surface area contributed by atoms with Gasteiger partial charge in [0.1, 0.15) is 5.65 Å². The van der Waals surface area contributed by atoms with Crippen LogP contribution in [0.25, 0.3) is 33.9 Å². The van der Waals surface area contributed by atoms with Crippen LogP contribution in [-0.4, -0.2) is 20.2 Å². The first-order chi connectivity index (χ1) is 13.9. The molecule has 0 spiro atoms. The summed E-state index contributed by atoms with van der Waals surface area (Å²) >= 11 is 0. The minimum absolute atomic E-state index is 0.488. The van der Waals surface area contributed by atoms with E-state index in [1.807, 2.05) is 72.9 Å². The molecule has 2 aromatic carbocycles. The summed E-state index contributed by atoms with van der Waals surface area (Å²) in [6.07, 6.45) is 3.62. The van der Waals surface area contributed by atoms with Gasteiger partial charge in [0.15, 0.2) is 0 Å². The van der Waals surface area contributed by atoms with E-state index in [9.17, 15) is 0 Å². The van der Waals surface area contributed by atoms with Crippen molar-refractivity contribution in [2.75, 3.05) is 0 Å². The SMILES string of the molecule is C(#Cc1ccnc2[nH]ccc12)c1ccc(-c2nnc(-c3ccccc3)o2)cc1. The molecule has 0 fully saturated rings. The average molecular weight is 362 g/mol. The van der Waals surface area contributed by atoms with Crippen molar-refractivity contribution < 1.29 is 4.42 Å². The lowest BCUT2D eigenvalue weighted by Crippen LogP contribution is -1.82. The van der Waals surface area contributed by atoms with Crippen LogP contribution >= 0.6 is 0 Å². The highest BCUT2D eigenvalue weighted by Gasteiger charge is 2.09. The summed E-state index contributed by atoms with van der Waals surface area (Å²) in [6, 6.07) is 21.4. The van der Waals surface area contributed by atoms with Gasteiger partial charge in [-0.1, -0.05) is 30.0 Å². The molecule has 0 radical (unpaired) electrons. The van der Waals surface area contributed by atoms with Crippen molar-refractivity contribution in [3.8, 4) is 34.7 Å². The number of nitrogens with zero attached hydrogens (tertiary/aromatic N) is 3. The fourth-order valence-corrected chi connectivity index (χ4v) is 2.94. The number of hydrogen-bond acceptors (Lipinski definition) is 4. The first kappa shape index (κ1) is 16.0. The molecule has 0 aliphatic carbocycles. The van der Waals surface area contributed by atoms with E-state index >= 15 is 0 Å². The summed E-state index contributed by atoms with van der Waals surface area (Å²) in [5.74, 6) is 7.40. The molecule has 0 aliphatic heterocycles. The number of H-pyrrole nitrogens is 1. The third kappa shape index (κ3) is 3.04. The third-order valence-electron chi connectivity index (χ3n) is 4.38. The molecule has 3 heterocycles. The van der Waals surface area contributed by atoms with Crippen LogP contribution in [0.4, 0.5) is 0 Å². The number of fused-ring (bicyclic) bond motifs is 1. The van der Waals surface area contributed by atoms with E-state index in [4.69, 9.17) is 4.42 Å². The second-order valence-corrected chi connectivity index (χ2v) is 6.20. The molecule has 1 N–H and O–H groups in total. The Labute approximate surface area is 161 Å². The number of aromatic nitrogens is 4. The molecule has 5 rings (SSSR count). The Morgan fingerprint density at radius 3 is 2.29 bits per heavy atom. The third-order valence-corrected chi connectivity index (χ3v) is 4.38. The standard InChI is InChI=1S/C23H14N4O/c1-2-4-18(5-3-1)22-26-27-23(28-22)19-10-7-16(8-11-19)6-9-17-12-14-24-21-20(17)13-15-25-21/h1-5,7-8,10-15H,(H,24,25). The minimum Gasteiger partial charge on any atom is -0.416 e. The molecule has 0 bridgehead atoms. The average Bonchev–Trinajstić information content (AvgIpc) is 3.43. The van der Waals surface area contributed by atoms with Gasteiger partial charge in [-0.15, -0.1) is 10.2 Å². The lowest BCUT2D eigenvalue weighted by atomic mass is 10.1. The molecule has 5 nitrogen and oxygen atoms in total.